The van der Waals surface area contributed by atoms with E-state index in [0.29, 0.717) is 12.5 Å². The zero-order chi connectivity index (χ0) is 13.3. The number of aryl methyl sites for hydroxylation is 1. The zero-order valence-electron chi connectivity index (χ0n) is 11.4. The van der Waals surface area contributed by atoms with Crippen molar-refractivity contribution < 1.29 is 4.79 Å². The van der Waals surface area contributed by atoms with E-state index in [1.807, 2.05) is 13.1 Å². The Morgan fingerprint density at radius 1 is 1.63 bits per heavy atom. The maximum atomic E-state index is 12.6. The zero-order valence-corrected chi connectivity index (χ0v) is 12.2. The van der Waals surface area contributed by atoms with Gasteiger partial charge in [-0.05, 0) is 32.2 Å². The molecule has 104 valence electrons. The molecule has 1 aliphatic carbocycles. The summed E-state index contributed by atoms with van der Waals surface area (Å²) >= 11 is 1.66. The topological polar surface area (TPSA) is 54.0 Å². The van der Waals surface area contributed by atoms with E-state index >= 15 is 0 Å². The molecule has 0 aromatic carbocycles. The average Bonchev–Trinajstić information content (AvgIpc) is 3.02. The van der Waals surface area contributed by atoms with Crippen LogP contribution in [0.2, 0.25) is 0 Å². The summed E-state index contributed by atoms with van der Waals surface area (Å²) in [6.07, 6.45) is 6.56. The minimum atomic E-state index is -0.141. The first-order valence-corrected chi connectivity index (χ1v) is 7.93. The number of carbonyl (C=O) groups excluding carboxylic acids is 1. The van der Waals surface area contributed by atoms with Crippen molar-refractivity contribution in [3.05, 3.63) is 16.1 Å². The number of amides is 1. The Balaban J connectivity index is 1.65. The predicted molar refractivity (Wildman–Crippen MR) is 76.0 cm³/mol. The van der Waals surface area contributed by atoms with Crippen molar-refractivity contribution in [1.82, 2.24) is 15.6 Å². The molecule has 3 rings (SSSR count). The Morgan fingerprint density at radius 3 is 3.32 bits per heavy atom. The lowest BCUT2D eigenvalue weighted by Crippen LogP contribution is -2.47. The monoisotopic (exact) mass is 279 g/mol. The molecule has 2 fully saturated rings. The summed E-state index contributed by atoms with van der Waals surface area (Å²) < 4.78 is 0. The summed E-state index contributed by atoms with van der Waals surface area (Å²) in [4.78, 5) is 18.0. The Hall–Kier alpha value is -0.940. The highest BCUT2D eigenvalue weighted by molar-refractivity contribution is 7.11. The molecule has 0 spiro atoms. The molecule has 5 heteroatoms. The van der Waals surface area contributed by atoms with Crippen LogP contribution in [0.15, 0.2) is 6.20 Å². The number of thiazole rings is 1. The lowest BCUT2D eigenvalue weighted by atomic mass is 9.67. The maximum Gasteiger partial charge on any atom is 0.228 e. The summed E-state index contributed by atoms with van der Waals surface area (Å²) in [7, 11) is 0. The number of nitrogens with zero attached hydrogens (tertiary/aromatic N) is 1. The number of hydrogen-bond donors (Lipinski definition) is 2. The van der Waals surface area contributed by atoms with Gasteiger partial charge in [-0.15, -0.1) is 11.3 Å². The van der Waals surface area contributed by atoms with Gasteiger partial charge in [0.2, 0.25) is 5.91 Å². The van der Waals surface area contributed by atoms with Crippen LogP contribution >= 0.6 is 11.3 Å². The Bertz CT molecular complexity index is 473. The van der Waals surface area contributed by atoms with Gasteiger partial charge in [0.15, 0.2) is 0 Å². The van der Waals surface area contributed by atoms with E-state index < -0.39 is 0 Å². The van der Waals surface area contributed by atoms with E-state index in [1.54, 1.807) is 11.3 Å². The van der Waals surface area contributed by atoms with Gasteiger partial charge in [0.25, 0.3) is 0 Å². The van der Waals surface area contributed by atoms with Crippen LogP contribution in [-0.2, 0) is 11.3 Å². The molecule has 2 heterocycles. The molecule has 4 nitrogen and oxygen atoms in total. The first kappa shape index (κ1) is 13.1. The van der Waals surface area contributed by atoms with Crippen LogP contribution in [-0.4, -0.2) is 24.0 Å². The third-order valence-electron chi connectivity index (χ3n) is 4.58. The molecule has 1 aliphatic heterocycles. The summed E-state index contributed by atoms with van der Waals surface area (Å²) in [5, 5.41) is 7.61. The van der Waals surface area contributed by atoms with E-state index in [1.165, 1.54) is 19.3 Å². The molecule has 19 heavy (non-hydrogen) atoms. The van der Waals surface area contributed by atoms with Crippen molar-refractivity contribution in [2.24, 2.45) is 11.3 Å². The van der Waals surface area contributed by atoms with E-state index in [0.717, 1.165) is 29.4 Å². The molecule has 0 radical (unpaired) electrons. The molecule has 2 aliphatic rings. The quantitative estimate of drug-likeness (QED) is 0.888. The number of fused-ring (bicyclic) bond motifs is 1. The number of nitrogens with one attached hydrogen (secondary N) is 2. The van der Waals surface area contributed by atoms with E-state index in [4.69, 9.17) is 0 Å². The fraction of sp³-hybridized carbons (Fsp3) is 0.714. The van der Waals surface area contributed by atoms with E-state index in [9.17, 15) is 4.79 Å². The Morgan fingerprint density at radius 2 is 2.53 bits per heavy atom. The van der Waals surface area contributed by atoms with Crippen LogP contribution in [0.3, 0.4) is 0 Å². The summed E-state index contributed by atoms with van der Waals surface area (Å²) in [6.45, 7) is 4.48. The van der Waals surface area contributed by atoms with Gasteiger partial charge in [0.05, 0.1) is 17.0 Å². The van der Waals surface area contributed by atoms with Gasteiger partial charge < -0.3 is 10.6 Å². The third kappa shape index (κ3) is 2.41. The minimum absolute atomic E-state index is 0.141. The van der Waals surface area contributed by atoms with Crippen molar-refractivity contribution in [3.63, 3.8) is 0 Å². The molecule has 2 N–H and O–H groups in total. The van der Waals surface area contributed by atoms with Gasteiger partial charge in [-0.3, -0.25) is 4.79 Å². The van der Waals surface area contributed by atoms with Crippen molar-refractivity contribution in [2.45, 2.75) is 39.2 Å². The molecule has 1 amide bonds. The molecular formula is C14H21N3OS. The van der Waals surface area contributed by atoms with Gasteiger partial charge in [0.1, 0.15) is 0 Å². The van der Waals surface area contributed by atoms with Crippen LogP contribution in [0.1, 0.15) is 35.6 Å². The van der Waals surface area contributed by atoms with Gasteiger partial charge in [-0.1, -0.05) is 12.8 Å². The fourth-order valence-corrected chi connectivity index (χ4v) is 4.26. The maximum absolute atomic E-state index is 12.6. The van der Waals surface area contributed by atoms with Crippen molar-refractivity contribution in [3.8, 4) is 0 Å². The Labute approximate surface area is 118 Å². The number of rotatable bonds is 3. The molecule has 1 aromatic rings. The second kappa shape index (κ2) is 5.21. The van der Waals surface area contributed by atoms with E-state index in [-0.39, 0.29) is 11.3 Å². The summed E-state index contributed by atoms with van der Waals surface area (Å²) in [5.41, 5.74) is -0.141. The number of carbonyl (C=O) groups is 1. The lowest BCUT2D eigenvalue weighted by Gasteiger charge is -2.37. The third-order valence-corrected chi connectivity index (χ3v) is 5.50. The van der Waals surface area contributed by atoms with Crippen LogP contribution in [0.5, 0.6) is 0 Å². The predicted octanol–water partition coefficient (Wildman–Crippen LogP) is 1.85. The van der Waals surface area contributed by atoms with Crippen LogP contribution in [0, 0.1) is 18.3 Å². The molecule has 0 bridgehead atoms. The van der Waals surface area contributed by atoms with Crippen molar-refractivity contribution in [2.75, 3.05) is 13.1 Å². The first-order valence-electron chi connectivity index (χ1n) is 7.11. The van der Waals surface area contributed by atoms with Crippen molar-refractivity contribution in [1.29, 1.82) is 0 Å². The fourth-order valence-electron chi connectivity index (χ4n) is 3.52. The first-order chi connectivity index (χ1) is 9.21. The molecule has 0 unspecified atom stereocenters. The molecule has 2 atom stereocenters. The van der Waals surface area contributed by atoms with Gasteiger partial charge in [-0.25, -0.2) is 4.98 Å². The average molecular weight is 279 g/mol. The second-order valence-electron chi connectivity index (χ2n) is 5.76. The van der Waals surface area contributed by atoms with Gasteiger partial charge in [-0.2, -0.15) is 0 Å². The van der Waals surface area contributed by atoms with Gasteiger partial charge >= 0.3 is 0 Å². The summed E-state index contributed by atoms with van der Waals surface area (Å²) in [6, 6.07) is 0. The number of hydrogen-bond acceptors (Lipinski definition) is 4. The van der Waals surface area contributed by atoms with Crippen LogP contribution in [0.4, 0.5) is 0 Å². The molecular weight excluding hydrogens is 258 g/mol. The van der Waals surface area contributed by atoms with Crippen molar-refractivity contribution >= 4 is 17.2 Å². The normalized spacial score (nSPS) is 30.1. The van der Waals surface area contributed by atoms with Crippen LogP contribution < -0.4 is 10.6 Å². The van der Waals surface area contributed by atoms with E-state index in [2.05, 4.69) is 15.6 Å². The standard InChI is InChI=1S/C14H21N3OS/c1-10-16-7-12(19-10)8-17-13(18)14-5-3-2-4-11(14)6-15-9-14/h7,11,15H,2-6,8-9H2,1H3,(H,17,18)/t11-,14+/m0/s1. The molecule has 1 saturated heterocycles. The highest BCUT2D eigenvalue weighted by atomic mass is 32.1. The number of aromatic nitrogens is 1. The smallest absolute Gasteiger partial charge is 0.228 e. The van der Waals surface area contributed by atoms with Gasteiger partial charge in [0, 0.05) is 17.6 Å². The highest BCUT2D eigenvalue weighted by Gasteiger charge is 2.49. The second-order valence-corrected chi connectivity index (χ2v) is 7.08. The highest BCUT2D eigenvalue weighted by Crippen LogP contribution is 2.43. The summed E-state index contributed by atoms with van der Waals surface area (Å²) in [5.74, 6) is 0.776. The molecule has 1 saturated carbocycles. The largest absolute Gasteiger partial charge is 0.351 e. The minimum Gasteiger partial charge on any atom is -0.351 e. The SMILES string of the molecule is Cc1ncc(CNC(=O)[C@@]23CCCC[C@H]2CNC3)s1. The van der Waals surface area contributed by atoms with Crippen LogP contribution in [0.25, 0.3) is 0 Å². The Kier molecular flexibility index (Phi) is 3.58. The molecule has 1 aromatic heterocycles. The lowest BCUT2D eigenvalue weighted by molar-refractivity contribution is -0.134.